The van der Waals surface area contributed by atoms with Gasteiger partial charge in [-0.3, -0.25) is 14.7 Å². The molecule has 0 aliphatic carbocycles. The topological polar surface area (TPSA) is 113 Å². The number of halogens is 1. The molecule has 0 bridgehead atoms. The molecule has 8 nitrogen and oxygen atoms in total. The number of nitro groups is 1. The summed E-state index contributed by atoms with van der Waals surface area (Å²) < 4.78 is 48.5. The second kappa shape index (κ2) is 9.28. The fourth-order valence-corrected chi connectivity index (χ4v) is 6.38. The molecule has 1 aromatic carbocycles. The number of rotatable bonds is 11. The normalized spacial score (nSPS) is 14.8. The average Bonchev–Trinajstić information content (AvgIpc) is 2.56. The first-order chi connectivity index (χ1) is 12.1. The van der Waals surface area contributed by atoms with Crippen molar-refractivity contribution < 1.29 is 27.0 Å². The van der Waals surface area contributed by atoms with E-state index in [0.717, 1.165) is 0 Å². The summed E-state index contributed by atoms with van der Waals surface area (Å²) in [6.07, 6.45) is -0.702. The van der Waals surface area contributed by atoms with Crippen molar-refractivity contribution in [2.75, 3.05) is 19.0 Å². The van der Waals surface area contributed by atoms with Crippen LogP contribution in [0.15, 0.2) is 29.2 Å². The molecule has 0 aliphatic heterocycles. The molecule has 0 aliphatic rings. The quantitative estimate of drug-likeness (QED) is 0.296. The van der Waals surface area contributed by atoms with Crippen molar-refractivity contribution in [1.29, 1.82) is 0 Å². The summed E-state index contributed by atoms with van der Waals surface area (Å²) in [7, 11) is -8.03. The van der Waals surface area contributed by atoms with E-state index in [4.69, 9.17) is 20.6 Å². The van der Waals surface area contributed by atoms with E-state index in [1.54, 1.807) is 0 Å². The lowest BCUT2D eigenvalue weighted by atomic mass is 10.2. The van der Waals surface area contributed by atoms with Crippen LogP contribution in [0.1, 0.15) is 33.6 Å². The first-order valence-corrected chi connectivity index (χ1v) is 11.7. The smallest absolute Gasteiger partial charge is 0.304 e. The Balaban J connectivity index is 3.24. The van der Waals surface area contributed by atoms with Crippen LogP contribution in [0, 0.1) is 10.1 Å². The number of benzene rings is 1. The van der Waals surface area contributed by atoms with Gasteiger partial charge >= 0.3 is 12.9 Å². The third-order valence-corrected chi connectivity index (χ3v) is 8.86. The van der Waals surface area contributed by atoms with E-state index in [0.29, 0.717) is 5.02 Å². The predicted molar refractivity (Wildman–Crippen MR) is 99.0 cm³/mol. The summed E-state index contributed by atoms with van der Waals surface area (Å²) in [5.74, 6) is -0.576. The van der Waals surface area contributed by atoms with Gasteiger partial charge in [0.15, 0.2) is 9.84 Å². The highest BCUT2D eigenvalue weighted by atomic mass is 35.5. The molecule has 0 aromatic heterocycles. The van der Waals surface area contributed by atoms with Crippen LogP contribution in [0.3, 0.4) is 0 Å². The lowest BCUT2D eigenvalue weighted by Gasteiger charge is -2.30. The van der Waals surface area contributed by atoms with Crippen LogP contribution < -0.4 is 0 Å². The van der Waals surface area contributed by atoms with Gasteiger partial charge in [0.1, 0.15) is 0 Å². The van der Waals surface area contributed by atoms with E-state index < -0.39 is 39.8 Å². The molecule has 0 unspecified atom stereocenters. The van der Waals surface area contributed by atoms with E-state index in [1.807, 2.05) is 0 Å². The standard InChI is InChI=1S/C15H23ClNO7PS/c1-4-15(17(18)19,25(20,23-5-2)24-6-3)11-12-26(21,22)14-9-7-13(16)8-10-14/h7-10H,4-6,11-12H2,1-3H3/t15-/m0/s1. The lowest BCUT2D eigenvalue weighted by molar-refractivity contribution is -0.546. The van der Waals surface area contributed by atoms with Crippen molar-refractivity contribution >= 4 is 29.0 Å². The first kappa shape index (κ1) is 23.0. The van der Waals surface area contributed by atoms with Crippen LogP contribution >= 0.6 is 19.2 Å². The number of sulfone groups is 1. The highest BCUT2D eigenvalue weighted by molar-refractivity contribution is 7.91. The second-order valence-electron chi connectivity index (χ2n) is 5.45. The molecule has 1 aromatic rings. The van der Waals surface area contributed by atoms with Crippen molar-refractivity contribution in [3.8, 4) is 0 Å². The summed E-state index contributed by atoms with van der Waals surface area (Å²) in [5.41, 5.74) is 0. The van der Waals surface area contributed by atoms with Crippen molar-refractivity contribution in [3.63, 3.8) is 0 Å². The minimum absolute atomic E-state index is 0.0158. The fourth-order valence-electron chi connectivity index (χ4n) is 2.50. The molecule has 1 atom stereocenters. The molecule has 0 heterocycles. The molecule has 0 saturated heterocycles. The molecule has 11 heteroatoms. The van der Waals surface area contributed by atoms with Crippen LogP contribution in [0.2, 0.25) is 5.02 Å². The third-order valence-electron chi connectivity index (χ3n) is 3.96. The first-order valence-electron chi connectivity index (χ1n) is 8.10. The largest absolute Gasteiger partial charge is 0.406 e. The molecule has 148 valence electrons. The van der Waals surface area contributed by atoms with Crippen molar-refractivity contribution in [3.05, 3.63) is 39.4 Å². The molecular formula is C15H23ClNO7PS. The maximum absolute atomic E-state index is 13.1. The van der Waals surface area contributed by atoms with Gasteiger partial charge in [-0.25, -0.2) is 8.42 Å². The minimum atomic E-state index is -4.19. The molecule has 0 saturated carbocycles. The summed E-state index contributed by atoms with van der Waals surface area (Å²) in [5, 5.41) is 10.0. The Labute approximate surface area is 158 Å². The van der Waals surface area contributed by atoms with Gasteiger partial charge in [-0.1, -0.05) is 18.5 Å². The molecular weight excluding hydrogens is 405 g/mol. The average molecular weight is 428 g/mol. The fraction of sp³-hybridized carbons (Fsp3) is 0.600. The van der Waals surface area contributed by atoms with Gasteiger partial charge < -0.3 is 9.05 Å². The van der Waals surface area contributed by atoms with E-state index in [-0.39, 0.29) is 24.5 Å². The van der Waals surface area contributed by atoms with E-state index in [2.05, 4.69) is 0 Å². The van der Waals surface area contributed by atoms with Gasteiger partial charge in [-0.05, 0) is 38.1 Å². The van der Waals surface area contributed by atoms with Gasteiger partial charge in [0, 0.05) is 22.8 Å². The van der Waals surface area contributed by atoms with Gasteiger partial charge in [-0.2, -0.15) is 0 Å². The van der Waals surface area contributed by atoms with E-state index in [9.17, 15) is 23.1 Å². The summed E-state index contributed by atoms with van der Waals surface area (Å²) in [6.45, 7) is 4.42. The van der Waals surface area contributed by atoms with Crippen molar-refractivity contribution in [2.45, 2.75) is 43.8 Å². The highest BCUT2D eigenvalue weighted by Crippen LogP contribution is 2.63. The lowest BCUT2D eigenvalue weighted by Crippen LogP contribution is -2.40. The molecule has 0 fully saturated rings. The maximum atomic E-state index is 13.1. The molecule has 1 rings (SSSR count). The Kier molecular flexibility index (Phi) is 8.23. The zero-order chi connectivity index (χ0) is 20.0. The van der Waals surface area contributed by atoms with Gasteiger partial charge in [0.05, 0.1) is 23.9 Å². The van der Waals surface area contributed by atoms with Gasteiger partial charge in [-0.15, -0.1) is 0 Å². The Bertz CT molecular complexity index is 759. The molecule has 0 amide bonds. The minimum Gasteiger partial charge on any atom is -0.304 e. The van der Waals surface area contributed by atoms with Crippen LogP contribution in [-0.4, -0.2) is 37.6 Å². The van der Waals surface area contributed by atoms with E-state index in [1.165, 1.54) is 45.0 Å². The Hall–Kier alpha value is -0.990. The van der Waals surface area contributed by atoms with Crippen molar-refractivity contribution in [2.24, 2.45) is 0 Å². The molecule has 0 spiro atoms. The van der Waals surface area contributed by atoms with E-state index >= 15 is 0 Å². The predicted octanol–water partition coefficient (Wildman–Crippen LogP) is 4.15. The zero-order valence-corrected chi connectivity index (χ0v) is 17.4. The summed E-state index contributed by atoms with van der Waals surface area (Å²) in [4.78, 5) is 11.1. The van der Waals surface area contributed by atoms with Crippen LogP contribution in [0.25, 0.3) is 0 Å². The number of nitrogens with zero attached hydrogens (tertiary/aromatic N) is 1. The monoisotopic (exact) mass is 427 g/mol. The Morgan fingerprint density at radius 3 is 2.04 bits per heavy atom. The third kappa shape index (κ3) is 4.84. The second-order valence-corrected chi connectivity index (χ2v) is 10.3. The number of hydrogen-bond acceptors (Lipinski definition) is 7. The van der Waals surface area contributed by atoms with Crippen LogP contribution in [0.4, 0.5) is 0 Å². The Morgan fingerprint density at radius 2 is 1.65 bits per heavy atom. The molecule has 26 heavy (non-hydrogen) atoms. The summed E-state index contributed by atoms with van der Waals surface area (Å²) >= 11 is 5.75. The Morgan fingerprint density at radius 1 is 1.15 bits per heavy atom. The van der Waals surface area contributed by atoms with Gasteiger partial charge in [0.2, 0.25) is 0 Å². The van der Waals surface area contributed by atoms with Crippen molar-refractivity contribution in [1.82, 2.24) is 0 Å². The highest BCUT2D eigenvalue weighted by Gasteiger charge is 2.61. The SMILES string of the molecule is CCOP(=O)(OCC)[C@@](CC)(CCS(=O)(=O)c1ccc(Cl)cc1)[N+](=O)[O-]. The molecule has 0 N–H and O–H groups in total. The van der Waals surface area contributed by atoms with Gasteiger partial charge in [0.25, 0.3) is 0 Å². The molecule has 0 radical (unpaired) electrons. The number of hydrogen-bond donors (Lipinski definition) is 0. The zero-order valence-electron chi connectivity index (χ0n) is 14.9. The van der Waals surface area contributed by atoms with Crippen LogP contribution in [-0.2, 0) is 23.4 Å². The van der Waals surface area contributed by atoms with Crippen LogP contribution in [0.5, 0.6) is 0 Å². The maximum Gasteiger partial charge on any atom is 0.406 e. The summed E-state index contributed by atoms with van der Waals surface area (Å²) in [6, 6.07) is 5.48.